The Bertz CT molecular complexity index is 492. The maximum Gasteiger partial charge on any atom is 0.337 e. The average molecular weight is 298 g/mol. The van der Waals surface area contributed by atoms with E-state index in [-0.39, 0.29) is 23.5 Å². The molecule has 0 aromatic heterocycles. The monoisotopic (exact) mass is 298 g/mol. The molecule has 0 saturated carbocycles. The number of phenolic OH excluding ortho intramolecular Hbond substituents is 1. The largest absolute Gasteiger partial charge is 0.508 e. The summed E-state index contributed by atoms with van der Waals surface area (Å²) in [4.78, 5) is 22.6. The van der Waals surface area contributed by atoms with Crippen molar-refractivity contribution in [1.29, 1.82) is 0 Å². The number of methoxy groups -OCH3 is 1. The minimum Gasteiger partial charge on any atom is -0.508 e. The molecule has 1 aromatic rings. The van der Waals surface area contributed by atoms with Gasteiger partial charge in [0.25, 0.3) is 0 Å². The molecule has 4 N–H and O–H groups in total. The highest BCUT2D eigenvalue weighted by atomic mass is 16.5. The van der Waals surface area contributed by atoms with Gasteiger partial charge in [0.1, 0.15) is 5.75 Å². The summed E-state index contributed by atoms with van der Waals surface area (Å²) in [5, 5.41) is 23.1. The molecule has 1 aromatic carbocycles. The van der Waals surface area contributed by atoms with Crippen molar-refractivity contribution in [3.8, 4) is 5.75 Å². The number of carboxylic acid groups (broad SMARTS) is 1. The topological polar surface area (TPSA) is 117 Å². The Hall–Kier alpha value is -2.32. The minimum absolute atomic E-state index is 0.0955. The van der Waals surface area contributed by atoms with Gasteiger partial charge in [0.15, 0.2) is 0 Å². The van der Waals surface area contributed by atoms with Gasteiger partial charge in [-0.3, -0.25) is 0 Å². The molecule has 8 nitrogen and oxygen atoms in total. The quantitative estimate of drug-likeness (QED) is 0.418. The van der Waals surface area contributed by atoms with Gasteiger partial charge < -0.3 is 30.3 Å². The van der Waals surface area contributed by atoms with E-state index in [1.807, 2.05) is 0 Å². The molecule has 0 radical (unpaired) electrons. The molecule has 2 amide bonds. The predicted molar refractivity (Wildman–Crippen MR) is 74.8 cm³/mol. The van der Waals surface area contributed by atoms with E-state index in [9.17, 15) is 14.7 Å². The van der Waals surface area contributed by atoms with Crippen LogP contribution in [-0.2, 0) is 9.47 Å². The van der Waals surface area contributed by atoms with Crippen LogP contribution in [-0.4, -0.2) is 55.7 Å². The van der Waals surface area contributed by atoms with E-state index in [4.69, 9.17) is 14.6 Å². The lowest BCUT2D eigenvalue weighted by molar-refractivity contribution is 0.0697. The molecule has 1 rings (SSSR count). The molecule has 0 heterocycles. The Balaban J connectivity index is 2.43. The van der Waals surface area contributed by atoms with Gasteiger partial charge in [0.2, 0.25) is 0 Å². The molecular formula is C13H18N2O6. The summed E-state index contributed by atoms with van der Waals surface area (Å²) in [7, 11) is 1.56. The molecule has 0 aliphatic carbocycles. The van der Waals surface area contributed by atoms with Crippen LogP contribution >= 0.6 is 0 Å². The van der Waals surface area contributed by atoms with E-state index >= 15 is 0 Å². The smallest absolute Gasteiger partial charge is 0.337 e. The lowest BCUT2D eigenvalue weighted by atomic mass is 10.1. The summed E-state index contributed by atoms with van der Waals surface area (Å²) < 4.78 is 9.95. The first kappa shape index (κ1) is 16.7. The third kappa shape index (κ3) is 6.11. The SMILES string of the molecule is COCCOCCNC(=O)Nc1ccc(O)cc1C(=O)O. The molecular weight excluding hydrogens is 280 g/mol. The van der Waals surface area contributed by atoms with Crippen molar-refractivity contribution in [1.82, 2.24) is 5.32 Å². The maximum absolute atomic E-state index is 11.6. The molecule has 0 saturated heterocycles. The van der Waals surface area contributed by atoms with Gasteiger partial charge in [0, 0.05) is 13.7 Å². The fraction of sp³-hybridized carbons (Fsp3) is 0.385. The van der Waals surface area contributed by atoms with Crippen molar-refractivity contribution in [2.75, 3.05) is 38.8 Å². The van der Waals surface area contributed by atoms with Crippen LogP contribution in [0.25, 0.3) is 0 Å². The summed E-state index contributed by atoms with van der Waals surface area (Å²) in [6.07, 6.45) is 0. The first-order valence-corrected chi connectivity index (χ1v) is 6.22. The number of benzene rings is 1. The molecule has 0 unspecified atom stereocenters. The van der Waals surface area contributed by atoms with Gasteiger partial charge in [0.05, 0.1) is 31.1 Å². The van der Waals surface area contributed by atoms with Gasteiger partial charge in [-0.1, -0.05) is 0 Å². The summed E-state index contributed by atoms with van der Waals surface area (Å²) >= 11 is 0. The number of carbonyl (C=O) groups excluding carboxylic acids is 1. The zero-order valence-electron chi connectivity index (χ0n) is 11.6. The summed E-state index contributed by atoms with van der Waals surface area (Å²) in [5.41, 5.74) is -0.0976. The van der Waals surface area contributed by atoms with Crippen molar-refractivity contribution in [2.24, 2.45) is 0 Å². The lowest BCUT2D eigenvalue weighted by Crippen LogP contribution is -2.32. The van der Waals surface area contributed by atoms with E-state index in [1.165, 1.54) is 12.1 Å². The molecule has 0 atom stereocenters. The average Bonchev–Trinajstić information content (AvgIpc) is 2.44. The number of rotatable bonds is 8. The van der Waals surface area contributed by atoms with Gasteiger partial charge in [-0.25, -0.2) is 9.59 Å². The van der Waals surface area contributed by atoms with Gasteiger partial charge in [-0.05, 0) is 18.2 Å². The summed E-state index contributed by atoms with van der Waals surface area (Å²) in [6.45, 7) is 1.50. The zero-order chi connectivity index (χ0) is 15.7. The highest BCUT2D eigenvalue weighted by molar-refractivity contribution is 6.00. The molecule has 0 aliphatic heterocycles. The number of ether oxygens (including phenoxy) is 2. The van der Waals surface area contributed by atoms with E-state index < -0.39 is 12.0 Å². The molecule has 0 aliphatic rings. The molecule has 0 bridgehead atoms. The van der Waals surface area contributed by atoms with Crippen molar-refractivity contribution >= 4 is 17.7 Å². The van der Waals surface area contributed by atoms with Crippen LogP contribution in [0.5, 0.6) is 5.75 Å². The summed E-state index contributed by atoms with van der Waals surface area (Å²) in [6, 6.07) is 3.10. The fourth-order valence-electron chi connectivity index (χ4n) is 1.47. The highest BCUT2D eigenvalue weighted by Gasteiger charge is 2.13. The molecule has 0 fully saturated rings. The Labute approximate surface area is 121 Å². The number of carboxylic acids is 1. The van der Waals surface area contributed by atoms with E-state index in [1.54, 1.807) is 7.11 Å². The molecule has 21 heavy (non-hydrogen) atoms. The number of hydrogen-bond acceptors (Lipinski definition) is 5. The normalized spacial score (nSPS) is 10.1. The number of urea groups is 1. The number of anilines is 1. The fourth-order valence-corrected chi connectivity index (χ4v) is 1.47. The first-order chi connectivity index (χ1) is 10.0. The number of carbonyl (C=O) groups is 2. The Kier molecular flexibility index (Phi) is 6.99. The molecule has 0 spiro atoms. The number of amides is 2. The van der Waals surface area contributed by atoms with E-state index in [0.29, 0.717) is 19.8 Å². The van der Waals surface area contributed by atoms with Crippen LogP contribution in [0.15, 0.2) is 18.2 Å². The number of nitrogens with one attached hydrogen (secondary N) is 2. The minimum atomic E-state index is -1.25. The Morgan fingerprint density at radius 1 is 1.24 bits per heavy atom. The second-order valence-electron chi connectivity index (χ2n) is 4.02. The van der Waals surface area contributed by atoms with Crippen LogP contribution in [0.4, 0.5) is 10.5 Å². The van der Waals surface area contributed by atoms with Crippen LogP contribution in [0.1, 0.15) is 10.4 Å². The van der Waals surface area contributed by atoms with Crippen LogP contribution in [0.3, 0.4) is 0 Å². The lowest BCUT2D eigenvalue weighted by Gasteiger charge is -2.10. The van der Waals surface area contributed by atoms with Gasteiger partial charge in [-0.15, -0.1) is 0 Å². The van der Waals surface area contributed by atoms with Crippen LogP contribution < -0.4 is 10.6 Å². The van der Waals surface area contributed by atoms with Crippen molar-refractivity contribution < 1.29 is 29.3 Å². The third-order valence-electron chi connectivity index (χ3n) is 2.45. The van der Waals surface area contributed by atoms with Crippen molar-refractivity contribution in [3.05, 3.63) is 23.8 Å². The number of phenols is 1. The standard InChI is InChI=1S/C13H18N2O6/c1-20-6-7-21-5-4-14-13(19)15-11-3-2-9(16)8-10(11)12(17)18/h2-3,8,16H,4-7H2,1H3,(H,17,18)(H2,14,15,19). The Morgan fingerprint density at radius 3 is 2.67 bits per heavy atom. The third-order valence-corrected chi connectivity index (χ3v) is 2.45. The van der Waals surface area contributed by atoms with E-state index in [2.05, 4.69) is 10.6 Å². The second-order valence-corrected chi connectivity index (χ2v) is 4.02. The van der Waals surface area contributed by atoms with Crippen molar-refractivity contribution in [2.45, 2.75) is 0 Å². The van der Waals surface area contributed by atoms with Crippen molar-refractivity contribution in [3.63, 3.8) is 0 Å². The number of aromatic carboxylic acids is 1. The summed E-state index contributed by atoms with van der Waals surface area (Å²) in [5.74, 6) is -1.44. The Morgan fingerprint density at radius 2 is 2.00 bits per heavy atom. The predicted octanol–water partition coefficient (Wildman–Crippen LogP) is 0.875. The number of hydrogen-bond donors (Lipinski definition) is 4. The number of aromatic hydroxyl groups is 1. The first-order valence-electron chi connectivity index (χ1n) is 6.22. The van der Waals surface area contributed by atoms with Gasteiger partial charge >= 0.3 is 12.0 Å². The van der Waals surface area contributed by atoms with E-state index in [0.717, 1.165) is 6.07 Å². The molecule has 8 heteroatoms. The molecule has 116 valence electrons. The second kappa shape index (κ2) is 8.77. The zero-order valence-corrected chi connectivity index (χ0v) is 11.6. The van der Waals surface area contributed by atoms with Gasteiger partial charge in [-0.2, -0.15) is 0 Å². The highest BCUT2D eigenvalue weighted by Crippen LogP contribution is 2.21. The van der Waals surface area contributed by atoms with Crippen LogP contribution in [0, 0.1) is 0 Å². The van der Waals surface area contributed by atoms with Crippen LogP contribution in [0.2, 0.25) is 0 Å². The maximum atomic E-state index is 11.6.